The molecule has 0 amide bonds. The predicted molar refractivity (Wildman–Crippen MR) is 522 cm³/mol. The normalized spacial score (nSPS) is 13.2. The van der Waals surface area contributed by atoms with E-state index in [-0.39, 0.29) is 33.8 Å². The maximum absolute atomic E-state index is 6.20. The molecule has 0 saturated carbocycles. The van der Waals surface area contributed by atoms with Gasteiger partial charge in [-0.15, -0.1) is 0 Å². The maximum Gasteiger partial charge on any atom is 0.252 e. The molecule has 0 unspecified atom stereocenters. The first-order chi connectivity index (χ1) is 58.6. The zero-order valence-electron chi connectivity index (χ0n) is 72.6. The highest BCUT2D eigenvalue weighted by atomic mass is 15.2. The van der Waals surface area contributed by atoms with Crippen molar-refractivity contribution in [1.82, 2.24) is 18.7 Å². The van der Waals surface area contributed by atoms with Crippen LogP contribution in [-0.2, 0) is 27.1 Å². The van der Waals surface area contributed by atoms with Crippen LogP contribution in [0.15, 0.2) is 340 Å². The molecule has 0 radical (unpaired) electrons. The highest BCUT2D eigenvalue weighted by Crippen LogP contribution is 2.52. The van der Waals surface area contributed by atoms with Crippen LogP contribution in [0.3, 0.4) is 0 Å². The Morgan fingerprint density at radius 2 is 0.656 bits per heavy atom. The van der Waals surface area contributed by atoms with E-state index in [4.69, 9.17) is 4.98 Å². The van der Waals surface area contributed by atoms with Gasteiger partial charge in [0.25, 0.3) is 6.71 Å². The molecule has 2 aliphatic heterocycles. The summed E-state index contributed by atoms with van der Waals surface area (Å²) in [7, 11) is 0. The first-order valence-electron chi connectivity index (χ1n) is 43.4. The van der Waals surface area contributed by atoms with Gasteiger partial charge in [0.1, 0.15) is 5.82 Å². The Hall–Kier alpha value is -13.5. The van der Waals surface area contributed by atoms with Crippen LogP contribution in [0, 0.1) is 0 Å². The van der Waals surface area contributed by atoms with E-state index in [2.05, 4.69) is 467 Å². The summed E-state index contributed by atoms with van der Waals surface area (Å²) in [4.78, 5) is 11.5. The first-order valence-corrected chi connectivity index (χ1v) is 43.4. The van der Waals surface area contributed by atoms with E-state index in [0.29, 0.717) is 0 Å². The van der Waals surface area contributed by atoms with Crippen molar-refractivity contribution in [1.29, 1.82) is 0 Å². The summed E-state index contributed by atoms with van der Waals surface area (Å²) in [6, 6.07) is 130. The molecule has 0 atom stereocenters. The number of benzene rings is 15. The number of rotatable bonds is 10. The molecule has 19 aromatic rings. The van der Waals surface area contributed by atoms with Crippen molar-refractivity contribution in [3.05, 3.63) is 368 Å². The molecule has 0 saturated heterocycles. The molecule has 0 aliphatic carbocycles. The van der Waals surface area contributed by atoms with E-state index in [1.807, 2.05) is 0 Å². The number of pyridine rings is 1. The molecule has 2 aliphatic rings. The Morgan fingerprint density at radius 1 is 0.221 bits per heavy atom. The van der Waals surface area contributed by atoms with Gasteiger partial charge in [-0.3, -0.25) is 4.57 Å². The van der Waals surface area contributed by atoms with Gasteiger partial charge in [0.05, 0.1) is 50.2 Å². The number of para-hydroxylation sites is 2. The van der Waals surface area contributed by atoms with Crippen LogP contribution in [0.2, 0.25) is 0 Å². The average Bonchev–Trinajstić information content (AvgIpc) is 0.913. The van der Waals surface area contributed by atoms with Gasteiger partial charge in [-0.1, -0.05) is 322 Å². The van der Waals surface area contributed by atoms with E-state index in [0.717, 1.165) is 129 Å². The van der Waals surface area contributed by atoms with E-state index >= 15 is 0 Å². The number of hydrogen-bond donors (Lipinski definition) is 0. The van der Waals surface area contributed by atoms with Gasteiger partial charge in [0.2, 0.25) is 0 Å². The van der Waals surface area contributed by atoms with Gasteiger partial charge in [-0.2, -0.15) is 0 Å². The van der Waals surface area contributed by atoms with Gasteiger partial charge in [-0.25, -0.2) is 4.98 Å². The lowest BCUT2D eigenvalue weighted by molar-refractivity contribution is 0.590. The summed E-state index contributed by atoms with van der Waals surface area (Å²) in [6.07, 6.45) is 0. The van der Waals surface area contributed by atoms with Crippen LogP contribution < -0.4 is 26.2 Å². The third-order valence-corrected chi connectivity index (χ3v) is 26.2. The average molecular weight is 1580 g/mol. The zero-order chi connectivity index (χ0) is 83.8. The number of nitrogens with zero attached hydrogens (tertiary/aromatic N) is 6. The highest BCUT2D eigenvalue weighted by molar-refractivity contribution is 7.00. The minimum absolute atomic E-state index is 0.0745. The number of fused-ring (bicyclic) bond motifs is 13. The summed E-state index contributed by atoms with van der Waals surface area (Å²) in [6.45, 7) is 34.8. The van der Waals surface area contributed by atoms with Crippen LogP contribution in [0.4, 0.5) is 34.1 Å². The molecule has 122 heavy (non-hydrogen) atoms. The molecular weight excluding hydrogens is 1480 g/mol. The van der Waals surface area contributed by atoms with Crippen molar-refractivity contribution in [2.75, 3.05) is 9.80 Å². The van der Waals surface area contributed by atoms with Gasteiger partial charge in [-0.05, 0) is 231 Å². The minimum Gasteiger partial charge on any atom is -0.311 e. The lowest BCUT2D eigenvalue weighted by Crippen LogP contribution is -2.61. The van der Waals surface area contributed by atoms with E-state index in [1.54, 1.807) is 0 Å². The second-order valence-electron chi connectivity index (χ2n) is 39.3. The maximum atomic E-state index is 6.20. The molecule has 0 N–H and O–H groups in total. The monoisotopic (exact) mass is 1580 g/mol. The number of aromatic nitrogens is 4. The summed E-state index contributed by atoms with van der Waals surface area (Å²) in [5, 5.41) is 7.30. The fourth-order valence-electron chi connectivity index (χ4n) is 19.5. The first kappa shape index (κ1) is 75.9. The van der Waals surface area contributed by atoms with Crippen molar-refractivity contribution >= 4 is 123 Å². The molecule has 6 nitrogen and oxygen atoms in total. The van der Waals surface area contributed by atoms with Gasteiger partial charge < -0.3 is 18.9 Å². The van der Waals surface area contributed by atoms with Gasteiger partial charge in [0, 0.05) is 78.1 Å². The summed E-state index contributed by atoms with van der Waals surface area (Å²) in [5.41, 5.74) is 35.9. The summed E-state index contributed by atoms with van der Waals surface area (Å²) in [5.74, 6) is 0.845. The predicted octanol–water partition coefficient (Wildman–Crippen LogP) is 29.3. The van der Waals surface area contributed by atoms with Crippen LogP contribution in [-0.4, -0.2) is 25.4 Å². The van der Waals surface area contributed by atoms with Crippen molar-refractivity contribution < 1.29 is 0 Å². The topological polar surface area (TPSA) is 34.2 Å². The Kier molecular flexibility index (Phi) is 17.5. The second kappa shape index (κ2) is 28.1. The van der Waals surface area contributed by atoms with Gasteiger partial charge >= 0.3 is 0 Å². The molecule has 0 fully saturated rings. The Balaban J connectivity index is 0.899. The van der Waals surface area contributed by atoms with Crippen LogP contribution in [0.25, 0.3) is 138 Å². The Morgan fingerprint density at radius 3 is 1.18 bits per heavy atom. The van der Waals surface area contributed by atoms with Crippen molar-refractivity contribution in [2.45, 2.75) is 131 Å². The van der Waals surface area contributed by atoms with Crippen LogP contribution >= 0.6 is 0 Å². The van der Waals surface area contributed by atoms with Crippen molar-refractivity contribution in [3.8, 4) is 73.0 Å². The molecular formula is C115H101BN6. The Bertz CT molecular complexity index is 7200. The standard InChI is InChI=1S/C115H101BN6/c1-111(2,3)80-48-56-101-93(63-80)94-64-81(112(4,5)6)49-57-102(94)118(101)85-50-53-95-106(70-85)120(86-59-78(73-34-22-17-23-35-73)58-79(60-86)74-36-24-18-25-37-74)107-67-84(115(13,14)15)68-108-110(107)116(95)96-62-77(45-55-103(96)121(108)100-54-44-76(72-32-20-16-21-33-72)61-92(100)75-38-26-19-27-39-75)97-69-87(119-98-42-30-28-40-88(98)89-41-29-31-43-99(89)119)71-109(117-97)122-104-65-82(113(7,8)9)46-51-90(104)91-52-47-83(66-105(91)122)114(10,11)12/h16-71H,1-15H3. The van der Waals surface area contributed by atoms with Crippen molar-refractivity contribution in [2.24, 2.45) is 0 Å². The van der Waals surface area contributed by atoms with Crippen LogP contribution in [0.1, 0.15) is 132 Å². The van der Waals surface area contributed by atoms with Crippen LogP contribution in [0.5, 0.6) is 0 Å². The summed E-state index contributed by atoms with van der Waals surface area (Å²) < 4.78 is 7.53. The quantitative estimate of drug-likeness (QED) is 0.128. The third kappa shape index (κ3) is 12.7. The molecule has 4 aromatic heterocycles. The van der Waals surface area contributed by atoms with E-state index in [1.165, 1.54) is 87.6 Å². The molecule has 594 valence electrons. The molecule has 0 bridgehead atoms. The summed E-state index contributed by atoms with van der Waals surface area (Å²) >= 11 is 0. The van der Waals surface area contributed by atoms with E-state index in [9.17, 15) is 0 Å². The molecule has 15 aromatic carbocycles. The second-order valence-corrected chi connectivity index (χ2v) is 39.3. The molecule has 7 heteroatoms. The largest absolute Gasteiger partial charge is 0.311 e. The lowest BCUT2D eigenvalue weighted by Gasteiger charge is -2.45. The van der Waals surface area contributed by atoms with Gasteiger partial charge in [0.15, 0.2) is 0 Å². The minimum atomic E-state index is -0.324. The molecule has 0 spiro atoms. The molecule has 6 heterocycles. The fourth-order valence-corrected chi connectivity index (χ4v) is 19.5. The van der Waals surface area contributed by atoms with Crippen molar-refractivity contribution in [3.63, 3.8) is 0 Å². The number of anilines is 6. The SMILES string of the molecule is CC(C)(C)c1cc2c3c(c1)N(c1ccc(-c4ccccc4)cc1-c1ccccc1)c1ccc(-c4cc(-n5c6ccccc6c6ccccc65)cc(-n5c6cc(C(C)(C)C)ccc6c6ccc(C(C)(C)C)cc65)n4)cc1B3c1ccc(-n3c4ccc(C(C)(C)C)cc4c4cc(C(C)(C)C)ccc43)cc1N2c1cc(-c2ccccc2)cc(-c2ccccc2)c1. The highest BCUT2D eigenvalue weighted by Gasteiger charge is 2.46. The smallest absolute Gasteiger partial charge is 0.252 e. The zero-order valence-corrected chi connectivity index (χ0v) is 72.6. The van der Waals surface area contributed by atoms with E-state index < -0.39 is 0 Å². The number of hydrogen-bond acceptors (Lipinski definition) is 3. The lowest BCUT2D eigenvalue weighted by atomic mass is 9.33. The molecule has 21 rings (SSSR count). The fraction of sp³-hybridized carbons (Fsp3) is 0.174. The Labute approximate surface area is 717 Å². The third-order valence-electron chi connectivity index (χ3n) is 26.2.